The Kier molecular flexibility index (Phi) is 4.32. The van der Waals surface area contributed by atoms with E-state index < -0.39 is 0 Å². The Bertz CT molecular complexity index is 727. The maximum absolute atomic E-state index is 4.69. The van der Waals surface area contributed by atoms with E-state index >= 15 is 0 Å². The zero-order chi connectivity index (χ0) is 14.7. The van der Waals surface area contributed by atoms with Gasteiger partial charge in [-0.05, 0) is 43.5 Å². The topological polar surface area (TPSA) is 24.9 Å². The average molecular weight is 296 g/mol. The van der Waals surface area contributed by atoms with Crippen molar-refractivity contribution in [2.75, 3.05) is 6.54 Å². The summed E-state index contributed by atoms with van der Waals surface area (Å²) < 4.78 is 0. The van der Waals surface area contributed by atoms with Gasteiger partial charge in [-0.15, -0.1) is 11.3 Å². The van der Waals surface area contributed by atoms with Crippen molar-refractivity contribution < 1.29 is 0 Å². The summed E-state index contributed by atoms with van der Waals surface area (Å²) in [5.74, 6) is 0. The molecular formula is C18H20N2S. The molecular weight excluding hydrogens is 276 g/mol. The fourth-order valence-corrected chi connectivity index (χ4v) is 3.56. The number of nitrogens with one attached hydrogen (secondary N) is 1. The summed E-state index contributed by atoms with van der Waals surface area (Å²) in [6.07, 6.45) is 3.03. The number of aromatic nitrogens is 1. The molecule has 2 aromatic heterocycles. The number of fused-ring (bicyclic) bond motifs is 1. The van der Waals surface area contributed by atoms with Crippen molar-refractivity contribution >= 4 is 22.1 Å². The monoisotopic (exact) mass is 296 g/mol. The van der Waals surface area contributed by atoms with Crippen LogP contribution in [0.4, 0.5) is 0 Å². The van der Waals surface area contributed by atoms with E-state index in [1.165, 1.54) is 20.5 Å². The summed E-state index contributed by atoms with van der Waals surface area (Å²) in [5, 5.41) is 6.14. The van der Waals surface area contributed by atoms with Crippen LogP contribution in [0.5, 0.6) is 0 Å². The van der Waals surface area contributed by atoms with Crippen LogP contribution in [0, 0.1) is 6.92 Å². The standard InChI is InChI=1S/C18H20N2S/c1-3-11-19-18(16-9-8-13(2)21-16)17-15-7-5-4-6-14(15)10-12-20-17/h4-10,12,18-19H,3,11H2,1-2H3. The zero-order valence-electron chi connectivity index (χ0n) is 12.5. The molecule has 0 spiro atoms. The number of rotatable bonds is 5. The number of nitrogens with zero attached hydrogens (tertiary/aromatic N) is 1. The molecule has 1 N–H and O–H groups in total. The van der Waals surface area contributed by atoms with Gasteiger partial charge in [-0.1, -0.05) is 31.2 Å². The van der Waals surface area contributed by atoms with Crippen LogP contribution < -0.4 is 5.32 Å². The van der Waals surface area contributed by atoms with Gasteiger partial charge in [0.2, 0.25) is 0 Å². The minimum Gasteiger partial charge on any atom is -0.304 e. The zero-order valence-corrected chi connectivity index (χ0v) is 13.3. The summed E-state index contributed by atoms with van der Waals surface area (Å²) in [4.78, 5) is 7.37. The van der Waals surface area contributed by atoms with Gasteiger partial charge in [0.25, 0.3) is 0 Å². The second-order valence-corrected chi connectivity index (χ2v) is 6.57. The lowest BCUT2D eigenvalue weighted by Crippen LogP contribution is -2.23. The minimum atomic E-state index is 0.176. The number of thiophene rings is 1. The summed E-state index contributed by atoms with van der Waals surface area (Å²) in [6, 6.07) is 15.1. The molecule has 0 aliphatic carbocycles. The molecule has 0 aliphatic heterocycles. The third kappa shape index (κ3) is 2.99. The lowest BCUT2D eigenvalue weighted by Gasteiger charge is -2.18. The Hall–Kier alpha value is -1.71. The summed E-state index contributed by atoms with van der Waals surface area (Å²) in [5.41, 5.74) is 1.13. The van der Waals surface area contributed by atoms with E-state index in [9.17, 15) is 0 Å². The summed E-state index contributed by atoms with van der Waals surface area (Å²) >= 11 is 1.85. The Morgan fingerprint density at radius 2 is 2.00 bits per heavy atom. The lowest BCUT2D eigenvalue weighted by molar-refractivity contribution is 0.597. The van der Waals surface area contributed by atoms with E-state index in [0.717, 1.165) is 18.7 Å². The maximum Gasteiger partial charge on any atom is 0.0851 e. The predicted molar refractivity (Wildman–Crippen MR) is 90.9 cm³/mol. The van der Waals surface area contributed by atoms with Gasteiger partial charge in [-0.3, -0.25) is 4.98 Å². The highest BCUT2D eigenvalue weighted by atomic mass is 32.1. The second-order valence-electron chi connectivity index (χ2n) is 5.25. The van der Waals surface area contributed by atoms with Crippen LogP contribution in [0.2, 0.25) is 0 Å². The molecule has 3 rings (SSSR count). The Balaban J connectivity index is 2.09. The first kappa shape index (κ1) is 14.2. The van der Waals surface area contributed by atoms with Crippen LogP contribution in [0.25, 0.3) is 10.8 Å². The first-order chi connectivity index (χ1) is 10.3. The fraction of sp³-hybridized carbons (Fsp3) is 0.278. The molecule has 0 saturated carbocycles. The molecule has 1 aromatic carbocycles. The van der Waals surface area contributed by atoms with Gasteiger partial charge in [0.05, 0.1) is 11.7 Å². The van der Waals surface area contributed by atoms with Crippen LogP contribution >= 0.6 is 11.3 Å². The smallest absolute Gasteiger partial charge is 0.0851 e. The minimum absolute atomic E-state index is 0.176. The number of hydrogen-bond acceptors (Lipinski definition) is 3. The number of benzene rings is 1. The van der Waals surface area contributed by atoms with E-state index in [-0.39, 0.29) is 6.04 Å². The fourth-order valence-electron chi connectivity index (χ4n) is 2.60. The Morgan fingerprint density at radius 3 is 2.76 bits per heavy atom. The summed E-state index contributed by atoms with van der Waals surface area (Å²) in [7, 11) is 0. The van der Waals surface area contributed by atoms with Gasteiger partial charge >= 0.3 is 0 Å². The van der Waals surface area contributed by atoms with Crippen LogP contribution in [-0.2, 0) is 0 Å². The molecule has 2 nitrogen and oxygen atoms in total. The Labute approximate surface area is 129 Å². The molecule has 1 atom stereocenters. The van der Waals surface area contributed by atoms with Crippen LogP contribution in [0.3, 0.4) is 0 Å². The largest absolute Gasteiger partial charge is 0.304 e. The highest BCUT2D eigenvalue weighted by Gasteiger charge is 2.18. The molecule has 0 radical (unpaired) electrons. The van der Waals surface area contributed by atoms with Crippen molar-refractivity contribution in [3.05, 3.63) is 64.1 Å². The normalized spacial score (nSPS) is 12.7. The third-order valence-electron chi connectivity index (χ3n) is 3.62. The van der Waals surface area contributed by atoms with E-state index in [1.54, 1.807) is 0 Å². The third-order valence-corrected chi connectivity index (χ3v) is 4.69. The van der Waals surface area contributed by atoms with Crippen LogP contribution in [-0.4, -0.2) is 11.5 Å². The molecule has 3 heteroatoms. The molecule has 108 valence electrons. The number of hydrogen-bond donors (Lipinski definition) is 1. The van der Waals surface area contributed by atoms with Gasteiger partial charge in [0, 0.05) is 21.3 Å². The second kappa shape index (κ2) is 6.37. The van der Waals surface area contributed by atoms with Crippen LogP contribution in [0.1, 0.15) is 34.8 Å². The molecule has 21 heavy (non-hydrogen) atoms. The van der Waals surface area contributed by atoms with E-state index in [0.29, 0.717) is 0 Å². The summed E-state index contributed by atoms with van der Waals surface area (Å²) in [6.45, 7) is 5.34. The van der Waals surface area contributed by atoms with E-state index in [2.05, 4.69) is 66.6 Å². The van der Waals surface area contributed by atoms with Crippen molar-refractivity contribution in [3.63, 3.8) is 0 Å². The molecule has 0 fully saturated rings. The molecule has 0 bridgehead atoms. The molecule has 1 unspecified atom stereocenters. The molecule has 2 heterocycles. The Morgan fingerprint density at radius 1 is 1.14 bits per heavy atom. The van der Waals surface area contributed by atoms with Crippen molar-refractivity contribution in [1.29, 1.82) is 0 Å². The lowest BCUT2D eigenvalue weighted by atomic mass is 10.0. The molecule has 0 amide bonds. The van der Waals surface area contributed by atoms with Gasteiger partial charge in [-0.2, -0.15) is 0 Å². The average Bonchev–Trinajstić information content (AvgIpc) is 2.94. The van der Waals surface area contributed by atoms with E-state index in [4.69, 9.17) is 0 Å². The SMILES string of the molecule is CCCNC(c1ccc(C)s1)c1nccc2ccccc12. The highest BCUT2D eigenvalue weighted by molar-refractivity contribution is 7.12. The predicted octanol–water partition coefficient (Wildman–Crippen LogP) is 4.69. The van der Waals surface area contributed by atoms with Crippen LogP contribution in [0.15, 0.2) is 48.7 Å². The van der Waals surface area contributed by atoms with Gasteiger partial charge in [0.1, 0.15) is 0 Å². The van der Waals surface area contributed by atoms with E-state index in [1.807, 2.05) is 17.5 Å². The van der Waals surface area contributed by atoms with Crippen molar-refractivity contribution in [1.82, 2.24) is 10.3 Å². The van der Waals surface area contributed by atoms with Crippen molar-refractivity contribution in [3.8, 4) is 0 Å². The van der Waals surface area contributed by atoms with Crippen molar-refractivity contribution in [2.24, 2.45) is 0 Å². The first-order valence-corrected chi connectivity index (χ1v) is 8.24. The number of aryl methyl sites for hydroxylation is 1. The highest BCUT2D eigenvalue weighted by Crippen LogP contribution is 2.31. The van der Waals surface area contributed by atoms with Gasteiger partial charge in [0.15, 0.2) is 0 Å². The molecule has 3 aromatic rings. The van der Waals surface area contributed by atoms with Crippen molar-refractivity contribution in [2.45, 2.75) is 26.3 Å². The first-order valence-electron chi connectivity index (χ1n) is 7.43. The number of pyridine rings is 1. The molecule has 0 saturated heterocycles. The quantitative estimate of drug-likeness (QED) is 0.738. The molecule has 0 aliphatic rings. The van der Waals surface area contributed by atoms with Gasteiger partial charge < -0.3 is 5.32 Å². The van der Waals surface area contributed by atoms with Gasteiger partial charge in [-0.25, -0.2) is 0 Å². The maximum atomic E-state index is 4.69.